The number of piperazine rings is 1. The minimum atomic E-state index is 0.599. The van der Waals surface area contributed by atoms with Crippen molar-refractivity contribution in [1.29, 1.82) is 0 Å². The van der Waals surface area contributed by atoms with Gasteiger partial charge in [0.2, 0.25) is 11.7 Å². The lowest BCUT2D eigenvalue weighted by molar-refractivity contribution is 0.215. The number of hydrogen-bond donors (Lipinski definition) is 0. The molecule has 1 fully saturated rings. The van der Waals surface area contributed by atoms with E-state index >= 15 is 0 Å². The second kappa shape index (κ2) is 9.26. The van der Waals surface area contributed by atoms with Crippen LogP contribution >= 0.6 is 0 Å². The molecule has 0 aliphatic carbocycles. The monoisotopic (exact) mass is 406 g/mol. The van der Waals surface area contributed by atoms with E-state index in [1.165, 1.54) is 11.3 Å². The lowest BCUT2D eigenvalue weighted by atomic mass is 10.2. The summed E-state index contributed by atoms with van der Waals surface area (Å²) in [5.74, 6) is 2.22. The Morgan fingerprint density at radius 3 is 2.50 bits per heavy atom. The maximum absolute atomic E-state index is 5.51. The predicted octanol–water partition coefficient (Wildman–Crippen LogP) is 3.61. The van der Waals surface area contributed by atoms with E-state index in [9.17, 15) is 0 Å². The zero-order valence-corrected chi connectivity index (χ0v) is 18.1. The molecule has 3 heterocycles. The van der Waals surface area contributed by atoms with Gasteiger partial charge in [-0.1, -0.05) is 17.3 Å². The van der Waals surface area contributed by atoms with Crippen LogP contribution in [-0.4, -0.2) is 59.3 Å². The van der Waals surface area contributed by atoms with Crippen molar-refractivity contribution in [2.75, 3.05) is 49.1 Å². The Morgan fingerprint density at radius 2 is 1.83 bits per heavy atom. The van der Waals surface area contributed by atoms with Gasteiger partial charge in [-0.25, -0.2) is 4.98 Å². The zero-order valence-electron chi connectivity index (χ0n) is 18.1. The highest BCUT2D eigenvalue weighted by atomic mass is 16.5. The Balaban J connectivity index is 1.34. The zero-order chi connectivity index (χ0) is 20.9. The van der Waals surface area contributed by atoms with Gasteiger partial charge in [-0.3, -0.25) is 4.90 Å². The van der Waals surface area contributed by atoms with Gasteiger partial charge in [0.15, 0.2) is 0 Å². The molecule has 7 heteroatoms. The van der Waals surface area contributed by atoms with Crippen molar-refractivity contribution in [3.8, 4) is 11.4 Å². The second-order valence-corrected chi connectivity index (χ2v) is 7.69. The Kier molecular flexibility index (Phi) is 6.28. The van der Waals surface area contributed by atoms with Crippen LogP contribution in [0.15, 0.2) is 47.1 Å². The normalized spacial score (nSPS) is 14.8. The van der Waals surface area contributed by atoms with Crippen LogP contribution in [0.4, 0.5) is 11.5 Å². The average molecular weight is 407 g/mol. The molecule has 158 valence electrons. The standard InChI is InChI=1S/C23H30N6O/c1-4-28(5-2)21-10-9-19(16-24-21)23-25-22(30-26-23)17-27-11-13-29(14-12-27)20-8-6-7-18(3)15-20/h6-10,15-16H,4-5,11-14,17H2,1-3H3. The lowest BCUT2D eigenvalue weighted by Crippen LogP contribution is -2.46. The van der Waals surface area contributed by atoms with Gasteiger partial charge >= 0.3 is 0 Å². The van der Waals surface area contributed by atoms with Crippen LogP contribution in [0.2, 0.25) is 0 Å². The molecule has 0 amide bonds. The molecular weight excluding hydrogens is 376 g/mol. The summed E-state index contributed by atoms with van der Waals surface area (Å²) in [4.78, 5) is 16.2. The average Bonchev–Trinajstić information content (AvgIpc) is 3.24. The molecule has 0 unspecified atom stereocenters. The van der Waals surface area contributed by atoms with Crippen LogP contribution in [0, 0.1) is 6.92 Å². The van der Waals surface area contributed by atoms with Gasteiger partial charge in [0, 0.05) is 56.7 Å². The van der Waals surface area contributed by atoms with Gasteiger partial charge in [0.25, 0.3) is 0 Å². The van der Waals surface area contributed by atoms with Crippen molar-refractivity contribution in [3.05, 3.63) is 54.0 Å². The first-order valence-corrected chi connectivity index (χ1v) is 10.7. The number of aryl methyl sites for hydroxylation is 1. The summed E-state index contributed by atoms with van der Waals surface area (Å²) in [6, 6.07) is 12.7. The highest BCUT2D eigenvalue weighted by molar-refractivity contribution is 5.55. The molecule has 30 heavy (non-hydrogen) atoms. The molecule has 4 rings (SSSR count). The highest BCUT2D eigenvalue weighted by Crippen LogP contribution is 2.21. The summed E-state index contributed by atoms with van der Waals surface area (Å²) >= 11 is 0. The molecule has 0 saturated carbocycles. The quantitative estimate of drug-likeness (QED) is 0.594. The second-order valence-electron chi connectivity index (χ2n) is 7.69. The summed E-state index contributed by atoms with van der Waals surface area (Å²) in [6.45, 7) is 12.9. The minimum absolute atomic E-state index is 0.599. The lowest BCUT2D eigenvalue weighted by Gasteiger charge is -2.35. The predicted molar refractivity (Wildman–Crippen MR) is 120 cm³/mol. The molecule has 2 aromatic heterocycles. The number of pyridine rings is 1. The number of hydrogen-bond acceptors (Lipinski definition) is 7. The fraction of sp³-hybridized carbons (Fsp3) is 0.435. The molecule has 0 spiro atoms. The van der Waals surface area contributed by atoms with Crippen molar-refractivity contribution in [3.63, 3.8) is 0 Å². The summed E-state index contributed by atoms with van der Waals surface area (Å²) in [5, 5.41) is 4.16. The molecule has 1 aliphatic rings. The van der Waals surface area contributed by atoms with Crippen molar-refractivity contribution in [2.45, 2.75) is 27.3 Å². The SMILES string of the molecule is CCN(CC)c1ccc(-c2noc(CN3CCN(c4cccc(C)c4)CC3)n2)cn1. The molecule has 0 atom stereocenters. The largest absolute Gasteiger partial charge is 0.369 e. The molecule has 0 radical (unpaired) electrons. The maximum Gasteiger partial charge on any atom is 0.241 e. The molecule has 1 aromatic carbocycles. The molecule has 7 nitrogen and oxygen atoms in total. The first kappa shape index (κ1) is 20.3. The molecule has 1 aliphatic heterocycles. The Hall–Kier alpha value is -2.93. The van der Waals surface area contributed by atoms with E-state index in [0.717, 1.165) is 50.6 Å². The van der Waals surface area contributed by atoms with E-state index < -0.39 is 0 Å². The van der Waals surface area contributed by atoms with E-state index in [0.29, 0.717) is 18.3 Å². The summed E-state index contributed by atoms with van der Waals surface area (Å²) < 4.78 is 5.51. The summed E-state index contributed by atoms with van der Waals surface area (Å²) in [5.41, 5.74) is 3.48. The fourth-order valence-corrected chi connectivity index (χ4v) is 3.87. The molecule has 0 bridgehead atoms. The number of benzene rings is 1. The van der Waals surface area contributed by atoms with Crippen LogP contribution in [0.3, 0.4) is 0 Å². The van der Waals surface area contributed by atoms with E-state index in [1.807, 2.05) is 18.3 Å². The number of anilines is 2. The third-order valence-electron chi connectivity index (χ3n) is 5.66. The molecule has 1 saturated heterocycles. The van der Waals surface area contributed by atoms with Crippen LogP contribution in [-0.2, 0) is 6.54 Å². The third kappa shape index (κ3) is 4.62. The first-order valence-electron chi connectivity index (χ1n) is 10.7. The minimum Gasteiger partial charge on any atom is -0.369 e. The highest BCUT2D eigenvalue weighted by Gasteiger charge is 2.20. The van der Waals surface area contributed by atoms with E-state index in [2.05, 4.69) is 74.9 Å². The third-order valence-corrected chi connectivity index (χ3v) is 5.66. The van der Waals surface area contributed by atoms with Crippen molar-refractivity contribution in [2.24, 2.45) is 0 Å². The Labute approximate surface area is 178 Å². The molecule has 3 aromatic rings. The van der Waals surface area contributed by atoms with Gasteiger partial charge in [-0.05, 0) is 50.6 Å². The Bertz CT molecular complexity index is 942. The van der Waals surface area contributed by atoms with Gasteiger partial charge in [-0.2, -0.15) is 4.98 Å². The summed E-state index contributed by atoms with van der Waals surface area (Å²) in [6.07, 6.45) is 1.82. The van der Waals surface area contributed by atoms with Gasteiger partial charge in [0.05, 0.1) is 6.54 Å². The van der Waals surface area contributed by atoms with Crippen molar-refractivity contribution in [1.82, 2.24) is 20.0 Å². The van der Waals surface area contributed by atoms with E-state index in [4.69, 9.17) is 4.52 Å². The Morgan fingerprint density at radius 1 is 1.03 bits per heavy atom. The van der Waals surface area contributed by atoms with Crippen LogP contribution in [0.1, 0.15) is 25.3 Å². The maximum atomic E-state index is 5.51. The van der Waals surface area contributed by atoms with Gasteiger partial charge in [-0.15, -0.1) is 0 Å². The van der Waals surface area contributed by atoms with Gasteiger partial charge < -0.3 is 14.3 Å². The fourth-order valence-electron chi connectivity index (χ4n) is 3.87. The van der Waals surface area contributed by atoms with Crippen LogP contribution in [0.25, 0.3) is 11.4 Å². The molecule has 0 N–H and O–H groups in total. The van der Waals surface area contributed by atoms with Crippen molar-refractivity contribution >= 4 is 11.5 Å². The van der Waals surface area contributed by atoms with E-state index in [-0.39, 0.29) is 0 Å². The van der Waals surface area contributed by atoms with E-state index in [1.54, 1.807) is 0 Å². The first-order chi connectivity index (χ1) is 14.7. The van der Waals surface area contributed by atoms with Gasteiger partial charge in [0.1, 0.15) is 5.82 Å². The smallest absolute Gasteiger partial charge is 0.241 e. The number of rotatable bonds is 7. The van der Waals surface area contributed by atoms with Crippen molar-refractivity contribution < 1.29 is 4.52 Å². The summed E-state index contributed by atoms with van der Waals surface area (Å²) in [7, 11) is 0. The molecular formula is C23H30N6O. The van der Waals surface area contributed by atoms with Crippen LogP contribution in [0.5, 0.6) is 0 Å². The number of nitrogens with zero attached hydrogens (tertiary/aromatic N) is 6. The topological polar surface area (TPSA) is 61.5 Å². The van der Waals surface area contributed by atoms with Crippen LogP contribution < -0.4 is 9.80 Å². The number of aromatic nitrogens is 3.